The Hall–Kier alpha value is -0.0400. The van der Waals surface area contributed by atoms with Crippen LogP contribution in [0.4, 0.5) is 0 Å². The van der Waals surface area contributed by atoms with E-state index in [1.807, 2.05) is 0 Å². The van der Waals surface area contributed by atoms with Crippen molar-refractivity contribution in [3.05, 3.63) is 0 Å². The third kappa shape index (κ3) is 2.25. The van der Waals surface area contributed by atoms with Crippen LogP contribution in [0.3, 0.4) is 0 Å². The number of hydrogen-bond acceptors (Lipinski definition) is 1. The van der Waals surface area contributed by atoms with Gasteiger partial charge in [0, 0.05) is 12.1 Å². The van der Waals surface area contributed by atoms with E-state index in [-0.39, 0.29) is 0 Å². The molecule has 3 unspecified atom stereocenters. The molecule has 3 atom stereocenters. The van der Waals surface area contributed by atoms with Crippen molar-refractivity contribution in [3.8, 4) is 0 Å². The van der Waals surface area contributed by atoms with Gasteiger partial charge in [0.05, 0.1) is 0 Å². The second-order valence-electron chi connectivity index (χ2n) is 5.03. The van der Waals surface area contributed by atoms with Crippen molar-refractivity contribution in [2.75, 3.05) is 0 Å². The fraction of sp³-hybridized carbons (Fsp3) is 1.00. The number of hydrogen-bond donors (Lipinski definition) is 1. The van der Waals surface area contributed by atoms with Crippen LogP contribution < -0.4 is 5.32 Å². The van der Waals surface area contributed by atoms with Gasteiger partial charge in [-0.05, 0) is 43.9 Å². The van der Waals surface area contributed by atoms with Crippen molar-refractivity contribution in [1.82, 2.24) is 5.32 Å². The maximum atomic E-state index is 3.88. The molecule has 1 nitrogen and oxygen atoms in total. The zero-order valence-electron chi connectivity index (χ0n) is 9.05. The normalized spacial score (nSPS) is 36.5. The summed E-state index contributed by atoms with van der Waals surface area (Å²) in [6.07, 6.45) is 8.59. The summed E-state index contributed by atoms with van der Waals surface area (Å²) in [6.45, 7) is 4.74. The molecule has 1 heteroatoms. The van der Waals surface area contributed by atoms with Gasteiger partial charge in [-0.3, -0.25) is 0 Å². The molecule has 0 radical (unpaired) electrons. The Morgan fingerprint density at radius 3 is 2.46 bits per heavy atom. The van der Waals surface area contributed by atoms with Crippen LogP contribution in [0.5, 0.6) is 0 Å². The largest absolute Gasteiger partial charge is 0.311 e. The van der Waals surface area contributed by atoms with Crippen molar-refractivity contribution in [2.45, 2.75) is 64.5 Å². The Bertz CT molecular complexity index is 163. The maximum Gasteiger partial charge on any atom is 0.00954 e. The molecule has 0 heterocycles. The van der Waals surface area contributed by atoms with Crippen molar-refractivity contribution >= 4 is 0 Å². The molecule has 13 heavy (non-hydrogen) atoms. The van der Waals surface area contributed by atoms with Gasteiger partial charge in [0.15, 0.2) is 0 Å². The van der Waals surface area contributed by atoms with Crippen LogP contribution in [0.2, 0.25) is 0 Å². The van der Waals surface area contributed by atoms with Crippen molar-refractivity contribution in [2.24, 2.45) is 11.8 Å². The molecule has 0 amide bonds. The van der Waals surface area contributed by atoms with E-state index >= 15 is 0 Å². The first-order valence-electron chi connectivity index (χ1n) is 6.07. The summed E-state index contributed by atoms with van der Waals surface area (Å²) in [7, 11) is 0. The summed E-state index contributed by atoms with van der Waals surface area (Å²) in [5, 5.41) is 3.88. The first kappa shape index (κ1) is 9.51. The summed E-state index contributed by atoms with van der Waals surface area (Å²) < 4.78 is 0. The van der Waals surface area contributed by atoms with Crippen LogP contribution in [0.25, 0.3) is 0 Å². The average Bonchev–Trinajstić information content (AvgIpc) is 2.88. The Balaban J connectivity index is 1.80. The van der Waals surface area contributed by atoms with Crippen molar-refractivity contribution < 1.29 is 0 Å². The molecule has 2 aliphatic carbocycles. The molecule has 0 saturated heterocycles. The molecule has 0 aromatic heterocycles. The number of rotatable bonds is 4. The lowest BCUT2D eigenvalue weighted by atomic mass is 10.0. The van der Waals surface area contributed by atoms with Gasteiger partial charge in [0.25, 0.3) is 0 Å². The van der Waals surface area contributed by atoms with E-state index in [0.717, 1.165) is 23.9 Å². The second-order valence-corrected chi connectivity index (χ2v) is 5.03. The van der Waals surface area contributed by atoms with E-state index < -0.39 is 0 Å². The fourth-order valence-corrected chi connectivity index (χ4v) is 2.75. The summed E-state index contributed by atoms with van der Waals surface area (Å²) in [6, 6.07) is 1.68. The van der Waals surface area contributed by atoms with E-state index in [0.29, 0.717) is 0 Å². The van der Waals surface area contributed by atoms with Crippen LogP contribution in [0, 0.1) is 11.8 Å². The Morgan fingerprint density at radius 2 is 2.00 bits per heavy atom. The van der Waals surface area contributed by atoms with E-state index in [1.165, 1.54) is 38.5 Å². The molecule has 0 aromatic carbocycles. The maximum absolute atomic E-state index is 3.88. The smallest absolute Gasteiger partial charge is 0.00954 e. The first-order chi connectivity index (χ1) is 6.31. The third-order valence-corrected chi connectivity index (χ3v) is 3.92. The van der Waals surface area contributed by atoms with Crippen LogP contribution in [-0.2, 0) is 0 Å². The topological polar surface area (TPSA) is 12.0 Å². The zero-order chi connectivity index (χ0) is 9.26. The monoisotopic (exact) mass is 181 g/mol. The zero-order valence-corrected chi connectivity index (χ0v) is 9.05. The van der Waals surface area contributed by atoms with Crippen LogP contribution >= 0.6 is 0 Å². The van der Waals surface area contributed by atoms with Gasteiger partial charge in [0.2, 0.25) is 0 Å². The highest BCUT2D eigenvalue weighted by Crippen LogP contribution is 2.35. The SMILES string of the molecule is CCC(NC1CCCC1C)C1CC1. The highest BCUT2D eigenvalue weighted by Gasteiger charge is 2.33. The van der Waals surface area contributed by atoms with Gasteiger partial charge in [-0.15, -0.1) is 0 Å². The lowest BCUT2D eigenvalue weighted by molar-refractivity contribution is 0.342. The van der Waals surface area contributed by atoms with Gasteiger partial charge in [0.1, 0.15) is 0 Å². The minimum Gasteiger partial charge on any atom is -0.311 e. The molecule has 1 N–H and O–H groups in total. The summed E-state index contributed by atoms with van der Waals surface area (Å²) in [5.41, 5.74) is 0. The molecule has 0 spiro atoms. The number of nitrogens with one attached hydrogen (secondary N) is 1. The molecule has 0 aromatic rings. The predicted molar refractivity (Wildman–Crippen MR) is 56.7 cm³/mol. The van der Waals surface area contributed by atoms with E-state index in [9.17, 15) is 0 Å². The van der Waals surface area contributed by atoms with E-state index in [4.69, 9.17) is 0 Å². The van der Waals surface area contributed by atoms with Gasteiger partial charge < -0.3 is 5.32 Å². The minimum absolute atomic E-state index is 0.838. The Labute approximate surface area is 82.3 Å². The van der Waals surface area contributed by atoms with Gasteiger partial charge in [-0.1, -0.05) is 20.3 Å². The average molecular weight is 181 g/mol. The molecular formula is C12H23N. The van der Waals surface area contributed by atoms with Crippen molar-refractivity contribution in [1.29, 1.82) is 0 Å². The molecule has 2 rings (SSSR count). The predicted octanol–water partition coefficient (Wildman–Crippen LogP) is 2.95. The molecule has 2 aliphatic rings. The minimum atomic E-state index is 0.838. The first-order valence-corrected chi connectivity index (χ1v) is 6.07. The van der Waals surface area contributed by atoms with E-state index in [2.05, 4.69) is 19.2 Å². The van der Waals surface area contributed by atoms with E-state index in [1.54, 1.807) is 0 Å². The molecule has 76 valence electrons. The summed E-state index contributed by atoms with van der Waals surface area (Å²) in [5.74, 6) is 1.95. The quantitative estimate of drug-likeness (QED) is 0.703. The lowest BCUT2D eigenvalue weighted by Gasteiger charge is -2.24. The molecular weight excluding hydrogens is 158 g/mol. The Morgan fingerprint density at radius 1 is 1.23 bits per heavy atom. The highest BCUT2D eigenvalue weighted by atomic mass is 15.0. The lowest BCUT2D eigenvalue weighted by Crippen LogP contribution is -2.40. The van der Waals surface area contributed by atoms with Gasteiger partial charge >= 0.3 is 0 Å². The highest BCUT2D eigenvalue weighted by molar-refractivity contribution is 4.90. The molecule has 2 fully saturated rings. The molecule has 2 saturated carbocycles. The molecule has 0 bridgehead atoms. The van der Waals surface area contributed by atoms with Crippen LogP contribution in [0.1, 0.15) is 52.4 Å². The van der Waals surface area contributed by atoms with Gasteiger partial charge in [-0.2, -0.15) is 0 Å². The standard InChI is InChI=1S/C12H23N/c1-3-11(10-7-8-10)13-12-6-4-5-9(12)2/h9-13H,3-8H2,1-2H3. The molecule has 0 aliphatic heterocycles. The van der Waals surface area contributed by atoms with Gasteiger partial charge in [-0.25, -0.2) is 0 Å². The third-order valence-electron chi connectivity index (χ3n) is 3.92. The summed E-state index contributed by atoms with van der Waals surface area (Å²) >= 11 is 0. The van der Waals surface area contributed by atoms with Crippen molar-refractivity contribution in [3.63, 3.8) is 0 Å². The van der Waals surface area contributed by atoms with Crippen LogP contribution in [-0.4, -0.2) is 12.1 Å². The Kier molecular flexibility index (Phi) is 2.92. The van der Waals surface area contributed by atoms with Crippen LogP contribution in [0.15, 0.2) is 0 Å². The fourth-order valence-electron chi connectivity index (χ4n) is 2.75. The summed E-state index contributed by atoms with van der Waals surface area (Å²) in [4.78, 5) is 0. The second kappa shape index (κ2) is 4.00.